The minimum Gasteiger partial charge on any atom is -0.495 e. The van der Waals surface area contributed by atoms with Gasteiger partial charge in [0.2, 0.25) is 0 Å². The molecule has 1 aromatic carbocycles. The van der Waals surface area contributed by atoms with Gasteiger partial charge in [-0.05, 0) is 37.0 Å². The molecule has 0 fully saturated rings. The first-order valence-corrected chi connectivity index (χ1v) is 6.28. The fourth-order valence-corrected chi connectivity index (χ4v) is 1.66. The van der Waals surface area contributed by atoms with Crippen molar-refractivity contribution in [2.75, 3.05) is 12.4 Å². The third-order valence-electron chi connectivity index (χ3n) is 3.05. The minimum atomic E-state index is -1.05. The molecule has 0 unspecified atom stereocenters. The van der Waals surface area contributed by atoms with Crippen molar-refractivity contribution in [2.45, 2.75) is 45.6 Å². The molecular formula is C15H23NO3. The number of methoxy groups -OCH3 is 1. The first kappa shape index (κ1) is 15.3. The van der Waals surface area contributed by atoms with E-state index in [1.165, 1.54) is 0 Å². The van der Waals surface area contributed by atoms with E-state index >= 15 is 0 Å². The number of carbonyl (C=O) groups is 1. The lowest BCUT2D eigenvalue weighted by molar-refractivity contribution is -0.141. The monoisotopic (exact) mass is 265 g/mol. The van der Waals surface area contributed by atoms with Gasteiger partial charge in [-0.2, -0.15) is 0 Å². The van der Waals surface area contributed by atoms with E-state index in [1.807, 2.05) is 18.2 Å². The van der Waals surface area contributed by atoms with E-state index in [-0.39, 0.29) is 5.41 Å². The second kappa shape index (κ2) is 5.11. The molecule has 1 aromatic rings. The van der Waals surface area contributed by atoms with Crippen LogP contribution in [0.4, 0.5) is 5.69 Å². The molecule has 0 atom stereocenters. The predicted octanol–water partition coefficient (Wildman–Crippen LogP) is 3.27. The number of benzene rings is 1. The molecule has 4 heteroatoms. The number of carboxylic acids is 1. The van der Waals surface area contributed by atoms with Crippen molar-refractivity contribution in [1.29, 1.82) is 0 Å². The zero-order chi connectivity index (χ0) is 14.8. The van der Waals surface area contributed by atoms with Crippen LogP contribution in [0.1, 0.15) is 40.2 Å². The summed E-state index contributed by atoms with van der Waals surface area (Å²) < 4.78 is 5.28. The quantitative estimate of drug-likeness (QED) is 0.877. The van der Waals surface area contributed by atoms with Crippen molar-refractivity contribution in [2.24, 2.45) is 0 Å². The average Bonchev–Trinajstić information content (AvgIpc) is 2.27. The Bertz CT molecular complexity index is 473. The Morgan fingerprint density at radius 1 is 1.21 bits per heavy atom. The molecule has 0 bridgehead atoms. The van der Waals surface area contributed by atoms with E-state index in [2.05, 4.69) is 26.1 Å². The van der Waals surface area contributed by atoms with Gasteiger partial charge in [0.1, 0.15) is 11.3 Å². The maximum atomic E-state index is 11.2. The molecule has 0 saturated carbocycles. The van der Waals surface area contributed by atoms with Crippen molar-refractivity contribution in [1.82, 2.24) is 0 Å². The summed E-state index contributed by atoms with van der Waals surface area (Å²) in [5, 5.41) is 12.2. The molecule has 0 aliphatic heterocycles. The van der Waals surface area contributed by atoms with Gasteiger partial charge in [0.25, 0.3) is 0 Å². The highest BCUT2D eigenvalue weighted by atomic mass is 16.5. The van der Waals surface area contributed by atoms with E-state index in [1.54, 1.807) is 21.0 Å². The van der Waals surface area contributed by atoms with Crippen LogP contribution in [0.2, 0.25) is 0 Å². The van der Waals surface area contributed by atoms with Crippen LogP contribution in [0, 0.1) is 0 Å². The molecule has 0 radical (unpaired) electrons. The number of rotatable bonds is 4. The number of hydrogen-bond donors (Lipinski definition) is 2. The SMILES string of the molecule is COc1ccc(C(C)(C)C)cc1NC(C)(C)C(=O)O. The molecule has 106 valence electrons. The molecule has 2 N–H and O–H groups in total. The largest absolute Gasteiger partial charge is 0.495 e. The van der Waals surface area contributed by atoms with Crippen molar-refractivity contribution < 1.29 is 14.6 Å². The molecule has 0 aliphatic carbocycles. The van der Waals surface area contributed by atoms with Gasteiger partial charge < -0.3 is 15.2 Å². The Balaban J connectivity index is 3.21. The molecule has 0 spiro atoms. The van der Waals surface area contributed by atoms with Crippen LogP contribution in [0.3, 0.4) is 0 Å². The van der Waals surface area contributed by atoms with E-state index in [4.69, 9.17) is 4.74 Å². The van der Waals surface area contributed by atoms with Crippen LogP contribution in [-0.4, -0.2) is 23.7 Å². The Morgan fingerprint density at radius 2 is 1.79 bits per heavy atom. The summed E-state index contributed by atoms with van der Waals surface area (Å²) >= 11 is 0. The number of anilines is 1. The van der Waals surface area contributed by atoms with Crippen molar-refractivity contribution in [3.05, 3.63) is 23.8 Å². The van der Waals surface area contributed by atoms with Gasteiger partial charge in [-0.15, -0.1) is 0 Å². The van der Waals surface area contributed by atoms with Crippen LogP contribution in [0.5, 0.6) is 5.75 Å². The lowest BCUT2D eigenvalue weighted by Crippen LogP contribution is -2.40. The Labute approximate surface area is 114 Å². The average molecular weight is 265 g/mol. The van der Waals surface area contributed by atoms with Crippen LogP contribution >= 0.6 is 0 Å². The fraction of sp³-hybridized carbons (Fsp3) is 0.533. The number of aliphatic carboxylic acids is 1. The fourth-order valence-electron chi connectivity index (χ4n) is 1.66. The summed E-state index contributed by atoms with van der Waals surface area (Å²) in [5.74, 6) is -0.266. The van der Waals surface area contributed by atoms with Crippen LogP contribution in [-0.2, 0) is 10.2 Å². The molecule has 0 saturated heterocycles. The minimum absolute atomic E-state index is 0.00390. The van der Waals surface area contributed by atoms with Crippen molar-refractivity contribution in [3.8, 4) is 5.75 Å². The van der Waals surface area contributed by atoms with E-state index in [0.717, 1.165) is 5.56 Å². The van der Waals surface area contributed by atoms with Gasteiger partial charge in [-0.3, -0.25) is 0 Å². The molecule has 1 rings (SSSR count). The highest BCUT2D eigenvalue weighted by molar-refractivity contribution is 5.82. The van der Waals surface area contributed by atoms with Gasteiger partial charge in [0, 0.05) is 0 Å². The molecule has 0 amide bonds. The Kier molecular flexibility index (Phi) is 4.13. The summed E-state index contributed by atoms with van der Waals surface area (Å²) in [6.07, 6.45) is 0. The second-order valence-corrected chi connectivity index (χ2v) is 6.22. The predicted molar refractivity (Wildman–Crippen MR) is 77.0 cm³/mol. The third kappa shape index (κ3) is 3.63. The van der Waals surface area contributed by atoms with E-state index in [0.29, 0.717) is 11.4 Å². The van der Waals surface area contributed by atoms with Crippen molar-refractivity contribution in [3.63, 3.8) is 0 Å². The summed E-state index contributed by atoms with van der Waals surface area (Å²) in [7, 11) is 1.57. The number of ether oxygens (including phenoxy) is 1. The third-order valence-corrected chi connectivity index (χ3v) is 3.05. The van der Waals surface area contributed by atoms with Crippen LogP contribution in [0.25, 0.3) is 0 Å². The molecule has 0 aromatic heterocycles. The smallest absolute Gasteiger partial charge is 0.328 e. The summed E-state index contributed by atoms with van der Waals surface area (Å²) in [6.45, 7) is 9.58. The van der Waals surface area contributed by atoms with Crippen molar-refractivity contribution >= 4 is 11.7 Å². The normalized spacial score (nSPS) is 12.1. The standard InChI is InChI=1S/C15H23NO3/c1-14(2,3)10-7-8-12(19-6)11(9-10)16-15(4,5)13(17)18/h7-9,16H,1-6H3,(H,17,18). The zero-order valence-corrected chi connectivity index (χ0v) is 12.5. The summed E-state index contributed by atoms with van der Waals surface area (Å²) in [6, 6.07) is 5.81. The van der Waals surface area contributed by atoms with E-state index in [9.17, 15) is 9.90 Å². The van der Waals surface area contributed by atoms with E-state index < -0.39 is 11.5 Å². The summed E-state index contributed by atoms with van der Waals surface area (Å²) in [5.41, 5.74) is 0.763. The second-order valence-electron chi connectivity index (χ2n) is 6.22. The van der Waals surface area contributed by atoms with Crippen LogP contribution < -0.4 is 10.1 Å². The first-order chi connectivity index (χ1) is 8.58. The van der Waals surface area contributed by atoms with Gasteiger partial charge in [-0.25, -0.2) is 4.79 Å². The van der Waals surface area contributed by atoms with Gasteiger partial charge >= 0.3 is 5.97 Å². The van der Waals surface area contributed by atoms with Crippen LogP contribution in [0.15, 0.2) is 18.2 Å². The molecule has 0 heterocycles. The Morgan fingerprint density at radius 3 is 2.21 bits per heavy atom. The first-order valence-electron chi connectivity index (χ1n) is 6.28. The maximum Gasteiger partial charge on any atom is 0.328 e. The topological polar surface area (TPSA) is 58.6 Å². The molecule has 19 heavy (non-hydrogen) atoms. The number of nitrogens with one attached hydrogen (secondary N) is 1. The van der Waals surface area contributed by atoms with Gasteiger partial charge in [0.15, 0.2) is 0 Å². The van der Waals surface area contributed by atoms with Gasteiger partial charge in [0.05, 0.1) is 12.8 Å². The highest BCUT2D eigenvalue weighted by Gasteiger charge is 2.28. The Hall–Kier alpha value is -1.71. The highest BCUT2D eigenvalue weighted by Crippen LogP contribution is 2.33. The lowest BCUT2D eigenvalue weighted by atomic mass is 9.86. The molecule has 4 nitrogen and oxygen atoms in total. The maximum absolute atomic E-state index is 11.2. The van der Waals surface area contributed by atoms with Gasteiger partial charge in [-0.1, -0.05) is 26.8 Å². The zero-order valence-electron chi connectivity index (χ0n) is 12.5. The number of carboxylic acid groups (broad SMARTS) is 1. The lowest BCUT2D eigenvalue weighted by Gasteiger charge is -2.26. The number of hydrogen-bond acceptors (Lipinski definition) is 3. The summed E-state index contributed by atoms with van der Waals surface area (Å²) in [4.78, 5) is 11.2. The molecule has 0 aliphatic rings. The molecular weight excluding hydrogens is 242 g/mol.